The van der Waals surface area contributed by atoms with Crippen molar-refractivity contribution in [2.75, 3.05) is 0 Å². The van der Waals surface area contributed by atoms with Crippen LogP contribution in [0.1, 0.15) is 17.3 Å². The fraction of sp³-hybridized carbons (Fsp3) is 0.0870. The number of carbonyl (C=O) groups is 1. The summed E-state index contributed by atoms with van der Waals surface area (Å²) >= 11 is 16.9. The highest BCUT2D eigenvalue weighted by atomic mass is 79.9. The Balaban J connectivity index is 1.71. The van der Waals surface area contributed by atoms with Crippen LogP contribution in [0, 0.1) is 0 Å². The maximum absolute atomic E-state index is 12.9. The number of rotatable bonds is 6. The van der Waals surface area contributed by atoms with Crippen LogP contribution in [-0.4, -0.2) is 25.8 Å². The van der Waals surface area contributed by atoms with Crippen molar-refractivity contribution in [2.24, 2.45) is 0 Å². The lowest BCUT2D eigenvalue weighted by atomic mass is 10.1. The Bertz CT molecular complexity index is 1210. The number of hydrogen-bond acceptors (Lipinski definition) is 4. The molecule has 156 valence electrons. The molecule has 0 saturated heterocycles. The third-order valence-electron chi connectivity index (χ3n) is 4.60. The Hall–Kier alpha value is -2.12. The molecule has 0 unspecified atom stereocenters. The van der Waals surface area contributed by atoms with Gasteiger partial charge in [0.1, 0.15) is 0 Å². The molecule has 4 rings (SSSR count). The number of nitrogens with zero attached hydrogens (tertiary/aromatic N) is 3. The standard InChI is InChI=1S/C23H16BrCl2N3OS/c1-14(21(30)15-2-6-17(24)7-3-15)31-23-28-27-22(16-4-8-18(25)9-5-16)29(23)20-12-10-19(26)11-13-20/h2-14H,1H3/t14-/m1/s1. The van der Waals surface area contributed by atoms with Gasteiger partial charge >= 0.3 is 0 Å². The van der Waals surface area contributed by atoms with Crippen LogP contribution in [0.3, 0.4) is 0 Å². The highest BCUT2D eigenvalue weighted by molar-refractivity contribution is 9.10. The molecule has 3 aromatic carbocycles. The molecule has 1 aromatic heterocycles. The zero-order valence-electron chi connectivity index (χ0n) is 16.3. The van der Waals surface area contributed by atoms with Crippen LogP contribution in [0.25, 0.3) is 17.1 Å². The van der Waals surface area contributed by atoms with E-state index in [2.05, 4.69) is 26.1 Å². The Kier molecular flexibility index (Phi) is 6.82. The fourth-order valence-electron chi connectivity index (χ4n) is 3.02. The molecule has 31 heavy (non-hydrogen) atoms. The Morgan fingerprint density at radius 3 is 2.10 bits per heavy atom. The summed E-state index contributed by atoms with van der Waals surface area (Å²) < 4.78 is 2.86. The Morgan fingerprint density at radius 1 is 0.903 bits per heavy atom. The molecular weight excluding hydrogens is 517 g/mol. The summed E-state index contributed by atoms with van der Waals surface area (Å²) in [5.41, 5.74) is 2.37. The first-order valence-electron chi connectivity index (χ1n) is 9.36. The van der Waals surface area contributed by atoms with Gasteiger partial charge in [-0.3, -0.25) is 9.36 Å². The smallest absolute Gasteiger partial charge is 0.196 e. The second-order valence-electron chi connectivity index (χ2n) is 6.76. The number of thioether (sulfide) groups is 1. The van der Waals surface area contributed by atoms with Gasteiger partial charge in [0.05, 0.1) is 5.25 Å². The van der Waals surface area contributed by atoms with Crippen molar-refractivity contribution in [1.29, 1.82) is 0 Å². The van der Waals surface area contributed by atoms with Crippen LogP contribution >= 0.6 is 50.9 Å². The maximum atomic E-state index is 12.9. The first-order valence-corrected chi connectivity index (χ1v) is 11.8. The molecule has 0 radical (unpaired) electrons. The van der Waals surface area contributed by atoms with Crippen LogP contribution in [-0.2, 0) is 0 Å². The van der Waals surface area contributed by atoms with E-state index in [1.54, 1.807) is 0 Å². The fourth-order valence-corrected chi connectivity index (χ4v) is 4.48. The van der Waals surface area contributed by atoms with Gasteiger partial charge in [0, 0.05) is 31.3 Å². The number of aromatic nitrogens is 3. The summed E-state index contributed by atoms with van der Waals surface area (Å²) in [5, 5.41) is 10.3. The minimum absolute atomic E-state index is 0.0243. The second kappa shape index (κ2) is 9.57. The van der Waals surface area contributed by atoms with Crippen LogP contribution in [0.2, 0.25) is 10.0 Å². The quantitative estimate of drug-likeness (QED) is 0.192. The van der Waals surface area contributed by atoms with Gasteiger partial charge < -0.3 is 0 Å². The van der Waals surface area contributed by atoms with Crippen molar-refractivity contribution in [2.45, 2.75) is 17.3 Å². The van der Waals surface area contributed by atoms with Gasteiger partial charge in [-0.25, -0.2) is 0 Å². The normalized spacial score (nSPS) is 12.0. The van der Waals surface area contributed by atoms with E-state index in [0.29, 0.717) is 26.6 Å². The topological polar surface area (TPSA) is 47.8 Å². The van der Waals surface area contributed by atoms with Gasteiger partial charge in [0.25, 0.3) is 0 Å². The van der Waals surface area contributed by atoms with Crippen LogP contribution in [0.15, 0.2) is 82.4 Å². The van der Waals surface area contributed by atoms with Crippen molar-refractivity contribution >= 4 is 56.7 Å². The van der Waals surface area contributed by atoms with E-state index in [9.17, 15) is 4.79 Å². The number of ketones is 1. The average molecular weight is 533 g/mol. The lowest BCUT2D eigenvalue weighted by Gasteiger charge is -2.13. The summed E-state index contributed by atoms with van der Waals surface area (Å²) in [5.74, 6) is 0.681. The van der Waals surface area contributed by atoms with Gasteiger partial charge in [-0.05, 0) is 67.6 Å². The third kappa shape index (κ3) is 5.04. The number of carbonyl (C=O) groups excluding carboxylic acids is 1. The van der Waals surface area contributed by atoms with Crippen LogP contribution < -0.4 is 0 Å². The molecule has 0 N–H and O–H groups in total. The van der Waals surface area contributed by atoms with Crippen molar-refractivity contribution in [3.05, 3.63) is 92.9 Å². The number of benzene rings is 3. The molecule has 4 aromatic rings. The highest BCUT2D eigenvalue weighted by Gasteiger charge is 2.22. The molecule has 1 heterocycles. The zero-order valence-corrected chi connectivity index (χ0v) is 20.2. The Morgan fingerprint density at radius 2 is 1.48 bits per heavy atom. The number of Topliss-reactive ketones (excluding diaryl/α,β-unsaturated/α-hetero) is 1. The van der Waals surface area contributed by atoms with Crippen molar-refractivity contribution in [1.82, 2.24) is 14.8 Å². The van der Waals surface area contributed by atoms with E-state index in [0.717, 1.165) is 15.7 Å². The van der Waals surface area contributed by atoms with Crippen LogP contribution in [0.4, 0.5) is 0 Å². The maximum Gasteiger partial charge on any atom is 0.196 e. The average Bonchev–Trinajstić information content (AvgIpc) is 3.18. The molecule has 0 bridgehead atoms. The monoisotopic (exact) mass is 531 g/mol. The van der Waals surface area contributed by atoms with E-state index in [1.807, 2.05) is 84.3 Å². The van der Waals surface area contributed by atoms with Crippen molar-refractivity contribution < 1.29 is 4.79 Å². The van der Waals surface area contributed by atoms with Gasteiger partial charge in [-0.1, -0.05) is 63.0 Å². The molecule has 0 aliphatic carbocycles. The summed E-state index contributed by atoms with van der Waals surface area (Å²) in [6.45, 7) is 1.87. The zero-order chi connectivity index (χ0) is 22.0. The van der Waals surface area contributed by atoms with E-state index in [-0.39, 0.29) is 11.0 Å². The SMILES string of the molecule is C[C@@H](Sc1nnc(-c2ccc(Cl)cc2)n1-c1ccc(Cl)cc1)C(=O)c1ccc(Br)cc1. The molecule has 0 fully saturated rings. The summed E-state index contributed by atoms with van der Waals surface area (Å²) in [4.78, 5) is 12.9. The van der Waals surface area contributed by atoms with Gasteiger partial charge in [-0.15, -0.1) is 10.2 Å². The van der Waals surface area contributed by atoms with Crippen molar-refractivity contribution in [3.8, 4) is 17.1 Å². The molecular formula is C23H16BrCl2N3OS. The summed E-state index contributed by atoms with van der Waals surface area (Å²) in [6, 6.07) is 22.2. The Labute approximate surface area is 202 Å². The van der Waals surface area contributed by atoms with E-state index >= 15 is 0 Å². The highest BCUT2D eigenvalue weighted by Crippen LogP contribution is 2.32. The molecule has 0 aliphatic heterocycles. The van der Waals surface area contributed by atoms with Gasteiger partial charge in [-0.2, -0.15) is 0 Å². The molecule has 4 nitrogen and oxygen atoms in total. The van der Waals surface area contributed by atoms with Crippen molar-refractivity contribution in [3.63, 3.8) is 0 Å². The lowest BCUT2D eigenvalue weighted by Crippen LogP contribution is -2.14. The summed E-state index contributed by atoms with van der Waals surface area (Å²) in [7, 11) is 0. The largest absolute Gasteiger partial charge is 0.293 e. The summed E-state index contributed by atoms with van der Waals surface area (Å²) in [6.07, 6.45) is 0. The van der Waals surface area contributed by atoms with E-state index < -0.39 is 0 Å². The molecule has 0 spiro atoms. The second-order valence-corrected chi connectivity index (χ2v) is 9.85. The molecule has 0 saturated carbocycles. The number of halogens is 3. The van der Waals surface area contributed by atoms with E-state index in [1.165, 1.54) is 11.8 Å². The molecule has 1 atom stereocenters. The molecule has 0 aliphatic rings. The van der Waals surface area contributed by atoms with Gasteiger partial charge in [0.2, 0.25) is 0 Å². The van der Waals surface area contributed by atoms with Crippen LogP contribution in [0.5, 0.6) is 0 Å². The van der Waals surface area contributed by atoms with E-state index in [4.69, 9.17) is 23.2 Å². The van der Waals surface area contributed by atoms with Gasteiger partial charge in [0.15, 0.2) is 16.8 Å². The first-order chi connectivity index (χ1) is 14.9. The number of hydrogen-bond donors (Lipinski definition) is 0. The predicted molar refractivity (Wildman–Crippen MR) is 131 cm³/mol. The minimum atomic E-state index is -0.352. The molecule has 0 amide bonds. The lowest BCUT2D eigenvalue weighted by molar-refractivity contribution is 0.0994. The first kappa shape index (κ1) is 22.1. The minimum Gasteiger partial charge on any atom is -0.293 e. The predicted octanol–water partition coefficient (Wildman–Crippen LogP) is 7.37. The molecule has 8 heteroatoms. The third-order valence-corrected chi connectivity index (χ3v) is 6.68.